The van der Waals surface area contributed by atoms with E-state index in [4.69, 9.17) is 0 Å². The fraction of sp³-hybridized carbons (Fsp3) is 0.412. The molecule has 2 heterocycles. The van der Waals surface area contributed by atoms with Crippen molar-refractivity contribution in [1.82, 2.24) is 20.3 Å². The van der Waals surface area contributed by atoms with Crippen molar-refractivity contribution in [3.63, 3.8) is 0 Å². The predicted molar refractivity (Wildman–Crippen MR) is 93.8 cm³/mol. The lowest BCUT2D eigenvalue weighted by Gasteiger charge is -2.21. The van der Waals surface area contributed by atoms with Crippen molar-refractivity contribution in [1.29, 1.82) is 0 Å². The molecule has 7 nitrogen and oxygen atoms in total. The third-order valence-electron chi connectivity index (χ3n) is 3.69. The van der Waals surface area contributed by atoms with Crippen LogP contribution in [0.4, 0.5) is 5.82 Å². The molecule has 1 amide bonds. The quantitative estimate of drug-likeness (QED) is 0.747. The van der Waals surface area contributed by atoms with E-state index in [1.807, 2.05) is 26.8 Å². The van der Waals surface area contributed by atoms with Crippen LogP contribution in [-0.4, -0.2) is 33.9 Å². The van der Waals surface area contributed by atoms with E-state index in [0.717, 1.165) is 5.69 Å². The van der Waals surface area contributed by atoms with E-state index >= 15 is 0 Å². The number of nitrogens with zero attached hydrogens (tertiary/aromatic N) is 2. The van der Waals surface area contributed by atoms with Crippen LogP contribution in [0.15, 0.2) is 29.2 Å². The molecule has 1 unspecified atom stereocenters. The number of H-pyrrole nitrogens is 1. The third-order valence-corrected chi connectivity index (χ3v) is 3.69. The molecule has 0 aliphatic rings. The van der Waals surface area contributed by atoms with E-state index < -0.39 is 0 Å². The lowest BCUT2D eigenvalue weighted by atomic mass is 10.0. The van der Waals surface area contributed by atoms with Crippen molar-refractivity contribution in [3.05, 3.63) is 40.4 Å². The van der Waals surface area contributed by atoms with Crippen molar-refractivity contribution in [2.75, 3.05) is 12.4 Å². The molecule has 0 aromatic carbocycles. The number of aromatic nitrogens is 3. The maximum absolute atomic E-state index is 11.9. The Balaban J connectivity index is 2.23. The topological polar surface area (TPSA) is 99.8 Å². The minimum absolute atomic E-state index is 0.0856. The highest BCUT2D eigenvalue weighted by atomic mass is 16.2. The second kappa shape index (κ2) is 7.72. The summed E-state index contributed by atoms with van der Waals surface area (Å²) in [4.78, 5) is 35.0. The predicted octanol–water partition coefficient (Wildman–Crippen LogP) is 1.58. The summed E-state index contributed by atoms with van der Waals surface area (Å²) in [6, 6.07) is 4.71. The van der Waals surface area contributed by atoms with Crippen LogP contribution in [0, 0.1) is 5.92 Å². The van der Waals surface area contributed by atoms with E-state index in [-0.39, 0.29) is 23.4 Å². The highest BCUT2D eigenvalue weighted by Gasteiger charge is 2.21. The Morgan fingerprint density at radius 1 is 1.33 bits per heavy atom. The number of hydrogen-bond donors (Lipinski definition) is 3. The van der Waals surface area contributed by atoms with Gasteiger partial charge >= 0.3 is 0 Å². The molecule has 0 aliphatic heterocycles. The molecule has 0 fully saturated rings. The van der Waals surface area contributed by atoms with Gasteiger partial charge in [-0.25, -0.2) is 9.97 Å². The molecule has 7 heteroatoms. The smallest absolute Gasteiger partial charge is 0.251 e. The number of pyridine rings is 1. The standard InChI is InChI=1S/C17H23N5O2/c1-5-12-8-14(23)22-16(20-12)11-6-7-13(19-9-11)21-15(10(2)3)17(24)18-4/h6-10,15H,5H2,1-4H3,(H,18,24)(H,19,21)(H,20,22,23). The number of carbonyl (C=O) groups is 1. The van der Waals surface area contributed by atoms with E-state index in [0.29, 0.717) is 23.6 Å². The molecule has 2 rings (SSSR count). The zero-order valence-corrected chi connectivity index (χ0v) is 14.4. The maximum atomic E-state index is 11.9. The third kappa shape index (κ3) is 4.18. The number of amides is 1. The first-order valence-corrected chi connectivity index (χ1v) is 7.99. The van der Waals surface area contributed by atoms with Crippen LogP contribution in [0.1, 0.15) is 26.5 Å². The van der Waals surface area contributed by atoms with Crippen molar-refractivity contribution >= 4 is 11.7 Å². The summed E-state index contributed by atoms with van der Waals surface area (Å²) >= 11 is 0. The van der Waals surface area contributed by atoms with E-state index in [1.54, 1.807) is 19.3 Å². The first-order valence-electron chi connectivity index (χ1n) is 7.99. The Bertz CT molecular complexity index is 752. The SMILES string of the molecule is CCc1cc(=O)[nH]c(-c2ccc(NC(C(=O)NC)C(C)C)nc2)n1. The normalized spacial score (nSPS) is 12.0. The van der Waals surface area contributed by atoms with Gasteiger partial charge in [-0.2, -0.15) is 0 Å². The second-order valence-corrected chi connectivity index (χ2v) is 5.85. The molecule has 2 aromatic rings. The fourth-order valence-electron chi connectivity index (χ4n) is 2.29. The van der Waals surface area contributed by atoms with Crippen LogP contribution in [0.3, 0.4) is 0 Å². The summed E-state index contributed by atoms with van der Waals surface area (Å²) in [5, 5.41) is 5.77. The van der Waals surface area contributed by atoms with Gasteiger partial charge in [0.1, 0.15) is 17.7 Å². The first-order chi connectivity index (χ1) is 11.4. The number of likely N-dealkylation sites (N-methyl/N-ethyl adjacent to an activating group) is 1. The lowest BCUT2D eigenvalue weighted by Crippen LogP contribution is -2.41. The number of hydrogen-bond acceptors (Lipinski definition) is 5. The Labute approximate surface area is 140 Å². The molecule has 0 saturated heterocycles. The van der Waals surface area contributed by atoms with E-state index in [9.17, 15) is 9.59 Å². The van der Waals surface area contributed by atoms with Crippen molar-refractivity contribution in [3.8, 4) is 11.4 Å². The van der Waals surface area contributed by atoms with Crippen LogP contribution < -0.4 is 16.2 Å². The number of aryl methyl sites for hydroxylation is 1. The van der Waals surface area contributed by atoms with Crippen LogP contribution in [0.2, 0.25) is 0 Å². The number of aromatic amines is 1. The molecule has 0 saturated carbocycles. The van der Waals surface area contributed by atoms with Crippen LogP contribution >= 0.6 is 0 Å². The van der Waals surface area contributed by atoms with E-state index in [2.05, 4.69) is 25.6 Å². The number of rotatable bonds is 6. The molecule has 3 N–H and O–H groups in total. The molecule has 24 heavy (non-hydrogen) atoms. The fourth-order valence-corrected chi connectivity index (χ4v) is 2.29. The molecule has 0 spiro atoms. The van der Waals surface area contributed by atoms with Gasteiger partial charge in [-0.05, 0) is 24.5 Å². The van der Waals surface area contributed by atoms with Crippen LogP contribution in [0.5, 0.6) is 0 Å². The molecule has 0 aliphatic carbocycles. The minimum atomic E-state index is -0.366. The summed E-state index contributed by atoms with van der Waals surface area (Å²) in [5.74, 6) is 1.11. The summed E-state index contributed by atoms with van der Waals surface area (Å²) in [7, 11) is 1.61. The second-order valence-electron chi connectivity index (χ2n) is 5.85. The van der Waals surface area contributed by atoms with Gasteiger partial charge in [0, 0.05) is 30.6 Å². The Kier molecular flexibility index (Phi) is 5.68. The number of carbonyl (C=O) groups excluding carboxylic acids is 1. The highest BCUT2D eigenvalue weighted by molar-refractivity contribution is 5.84. The summed E-state index contributed by atoms with van der Waals surface area (Å²) in [6.45, 7) is 5.88. The molecule has 0 bridgehead atoms. The van der Waals surface area contributed by atoms with Crippen LogP contribution in [-0.2, 0) is 11.2 Å². The van der Waals surface area contributed by atoms with Gasteiger partial charge in [0.25, 0.3) is 5.56 Å². The Morgan fingerprint density at radius 2 is 2.08 bits per heavy atom. The molecule has 1 atom stereocenters. The van der Waals surface area contributed by atoms with Crippen molar-refractivity contribution in [2.24, 2.45) is 5.92 Å². The van der Waals surface area contributed by atoms with Gasteiger partial charge in [-0.15, -0.1) is 0 Å². The van der Waals surface area contributed by atoms with Crippen molar-refractivity contribution in [2.45, 2.75) is 33.2 Å². The summed E-state index contributed by atoms with van der Waals surface area (Å²) < 4.78 is 0. The zero-order chi connectivity index (χ0) is 17.7. The zero-order valence-electron chi connectivity index (χ0n) is 14.4. The van der Waals surface area contributed by atoms with Gasteiger partial charge < -0.3 is 15.6 Å². The first kappa shape index (κ1) is 17.7. The minimum Gasteiger partial charge on any atom is -0.358 e. The van der Waals surface area contributed by atoms with Gasteiger partial charge in [0.2, 0.25) is 5.91 Å². The highest BCUT2D eigenvalue weighted by Crippen LogP contribution is 2.16. The molecule has 128 valence electrons. The molecular weight excluding hydrogens is 306 g/mol. The average Bonchev–Trinajstić information content (AvgIpc) is 2.58. The lowest BCUT2D eigenvalue weighted by molar-refractivity contribution is -0.122. The van der Waals surface area contributed by atoms with Crippen LogP contribution in [0.25, 0.3) is 11.4 Å². The van der Waals surface area contributed by atoms with Crippen molar-refractivity contribution < 1.29 is 4.79 Å². The molecular formula is C17H23N5O2. The average molecular weight is 329 g/mol. The Hall–Kier alpha value is -2.70. The largest absolute Gasteiger partial charge is 0.358 e. The van der Waals surface area contributed by atoms with E-state index in [1.165, 1.54) is 6.07 Å². The summed E-state index contributed by atoms with van der Waals surface area (Å²) in [6.07, 6.45) is 2.31. The number of nitrogens with one attached hydrogen (secondary N) is 3. The van der Waals surface area contributed by atoms with Gasteiger partial charge in [0.15, 0.2) is 0 Å². The van der Waals surface area contributed by atoms with Gasteiger partial charge in [-0.1, -0.05) is 20.8 Å². The van der Waals surface area contributed by atoms with Gasteiger partial charge in [0.05, 0.1) is 0 Å². The molecule has 0 radical (unpaired) electrons. The van der Waals surface area contributed by atoms with Gasteiger partial charge in [-0.3, -0.25) is 9.59 Å². The number of anilines is 1. The summed E-state index contributed by atoms with van der Waals surface area (Å²) in [5.41, 5.74) is 1.27. The monoisotopic (exact) mass is 329 g/mol. The molecule has 2 aromatic heterocycles. The Morgan fingerprint density at radius 3 is 2.62 bits per heavy atom. The maximum Gasteiger partial charge on any atom is 0.251 e.